The Morgan fingerprint density at radius 2 is 1.69 bits per heavy atom. The van der Waals surface area contributed by atoms with Crippen molar-refractivity contribution in [3.63, 3.8) is 0 Å². The summed E-state index contributed by atoms with van der Waals surface area (Å²) in [5.74, 6) is 6.11. The molecule has 0 heterocycles. The van der Waals surface area contributed by atoms with Crippen LogP contribution in [0.1, 0.15) is 66.2 Å². The highest BCUT2D eigenvalue weighted by Crippen LogP contribution is 2.51. The van der Waals surface area contributed by atoms with Crippen LogP contribution in [0.15, 0.2) is 0 Å². The molecule has 0 aliphatic heterocycles. The molecule has 0 bridgehead atoms. The zero-order chi connectivity index (χ0) is 11.7. The monoisotopic (exact) mass is 222 g/mol. The maximum absolute atomic E-state index is 2.53. The molecule has 2 aliphatic carbocycles. The highest BCUT2D eigenvalue weighted by atomic mass is 14.5. The Bertz CT molecular complexity index is 220. The highest BCUT2D eigenvalue weighted by Gasteiger charge is 2.42. The van der Waals surface area contributed by atoms with Gasteiger partial charge in [0.1, 0.15) is 0 Å². The lowest BCUT2D eigenvalue weighted by Crippen LogP contribution is -2.42. The lowest BCUT2D eigenvalue weighted by molar-refractivity contribution is -0.00243. The number of fused-ring (bicyclic) bond motifs is 1. The van der Waals surface area contributed by atoms with Crippen LogP contribution in [-0.2, 0) is 0 Å². The molecular formula is C16H30. The molecule has 3 unspecified atom stereocenters. The van der Waals surface area contributed by atoms with E-state index >= 15 is 0 Å². The molecule has 0 radical (unpaired) electrons. The van der Waals surface area contributed by atoms with Gasteiger partial charge in [-0.1, -0.05) is 47.0 Å². The molecule has 0 aromatic heterocycles. The number of hydrogen-bond donors (Lipinski definition) is 0. The Kier molecular flexibility index (Phi) is 3.97. The Balaban J connectivity index is 2.13. The van der Waals surface area contributed by atoms with E-state index in [1.165, 1.54) is 38.5 Å². The van der Waals surface area contributed by atoms with Gasteiger partial charge in [-0.15, -0.1) is 0 Å². The molecule has 0 heteroatoms. The van der Waals surface area contributed by atoms with Crippen molar-refractivity contribution in [3.8, 4) is 0 Å². The third-order valence-corrected chi connectivity index (χ3v) is 6.02. The van der Waals surface area contributed by atoms with Crippen molar-refractivity contribution < 1.29 is 0 Å². The summed E-state index contributed by atoms with van der Waals surface area (Å²) >= 11 is 0. The van der Waals surface area contributed by atoms with Crippen LogP contribution in [0.3, 0.4) is 0 Å². The van der Waals surface area contributed by atoms with Gasteiger partial charge in [0.25, 0.3) is 0 Å². The second kappa shape index (κ2) is 5.10. The van der Waals surface area contributed by atoms with Crippen molar-refractivity contribution in [1.82, 2.24) is 0 Å². The summed E-state index contributed by atoms with van der Waals surface area (Å²) in [5.41, 5.74) is 0. The zero-order valence-corrected chi connectivity index (χ0v) is 11.7. The SMILES string of the molecule is CC[C@@H](C)C1CC(C)[C@H](C)C2CCCC[C@@H]21. The van der Waals surface area contributed by atoms with Crippen molar-refractivity contribution in [2.45, 2.75) is 66.2 Å². The van der Waals surface area contributed by atoms with E-state index in [-0.39, 0.29) is 0 Å². The van der Waals surface area contributed by atoms with Gasteiger partial charge in [0.05, 0.1) is 0 Å². The molecule has 2 aliphatic rings. The number of rotatable bonds is 2. The van der Waals surface area contributed by atoms with E-state index in [0.717, 1.165) is 35.5 Å². The Morgan fingerprint density at radius 3 is 2.31 bits per heavy atom. The van der Waals surface area contributed by atoms with Gasteiger partial charge in [0, 0.05) is 0 Å². The Hall–Kier alpha value is 0. The molecule has 2 fully saturated rings. The minimum Gasteiger partial charge on any atom is -0.0651 e. The molecule has 0 spiro atoms. The fraction of sp³-hybridized carbons (Fsp3) is 1.00. The molecule has 2 saturated carbocycles. The second-order valence-corrected chi connectivity index (χ2v) is 6.73. The van der Waals surface area contributed by atoms with Gasteiger partial charge < -0.3 is 0 Å². The third-order valence-electron chi connectivity index (χ3n) is 6.02. The maximum Gasteiger partial charge on any atom is -0.0352 e. The van der Waals surface area contributed by atoms with Crippen molar-refractivity contribution in [1.29, 1.82) is 0 Å². The zero-order valence-electron chi connectivity index (χ0n) is 11.7. The van der Waals surface area contributed by atoms with Crippen LogP contribution in [-0.4, -0.2) is 0 Å². The standard InChI is InChI=1S/C16H30/c1-5-11(2)16-10-12(3)13(4)14-8-6-7-9-15(14)16/h11-16H,5-10H2,1-4H3/t11-,12?,13+,14?,15+,16?/m1/s1. The summed E-state index contributed by atoms with van der Waals surface area (Å²) in [7, 11) is 0. The summed E-state index contributed by atoms with van der Waals surface area (Å²) in [4.78, 5) is 0. The molecule has 94 valence electrons. The normalized spacial score (nSPS) is 46.1. The van der Waals surface area contributed by atoms with Gasteiger partial charge in [-0.05, 0) is 54.8 Å². The molecule has 0 aromatic rings. The lowest BCUT2D eigenvalue weighted by Gasteiger charge is -2.50. The van der Waals surface area contributed by atoms with Crippen LogP contribution >= 0.6 is 0 Å². The van der Waals surface area contributed by atoms with E-state index in [0.29, 0.717) is 0 Å². The first kappa shape index (κ1) is 12.5. The summed E-state index contributed by atoms with van der Waals surface area (Å²) in [6.45, 7) is 9.91. The minimum absolute atomic E-state index is 0.959. The maximum atomic E-state index is 2.53. The molecular weight excluding hydrogens is 192 g/mol. The van der Waals surface area contributed by atoms with Gasteiger partial charge in [-0.25, -0.2) is 0 Å². The summed E-state index contributed by atoms with van der Waals surface area (Å²) in [6.07, 6.45) is 8.98. The highest BCUT2D eigenvalue weighted by molar-refractivity contribution is 4.92. The van der Waals surface area contributed by atoms with Crippen molar-refractivity contribution in [2.75, 3.05) is 0 Å². The van der Waals surface area contributed by atoms with Gasteiger partial charge in [0.15, 0.2) is 0 Å². The number of hydrogen-bond acceptors (Lipinski definition) is 0. The van der Waals surface area contributed by atoms with Crippen molar-refractivity contribution in [2.24, 2.45) is 35.5 Å². The van der Waals surface area contributed by atoms with Gasteiger partial charge in [-0.3, -0.25) is 0 Å². The quantitative estimate of drug-likeness (QED) is 0.607. The van der Waals surface area contributed by atoms with E-state index in [2.05, 4.69) is 27.7 Å². The molecule has 0 nitrogen and oxygen atoms in total. The van der Waals surface area contributed by atoms with Crippen LogP contribution < -0.4 is 0 Å². The molecule has 0 saturated heterocycles. The summed E-state index contributed by atoms with van der Waals surface area (Å²) in [5, 5.41) is 0. The predicted octanol–water partition coefficient (Wildman–Crippen LogP) is 5.13. The first-order chi connectivity index (χ1) is 7.65. The van der Waals surface area contributed by atoms with Gasteiger partial charge in [-0.2, -0.15) is 0 Å². The first-order valence-electron chi connectivity index (χ1n) is 7.65. The molecule has 0 amide bonds. The smallest absolute Gasteiger partial charge is 0.0352 e. The molecule has 2 rings (SSSR count). The van der Waals surface area contributed by atoms with E-state index < -0.39 is 0 Å². The topological polar surface area (TPSA) is 0 Å². The van der Waals surface area contributed by atoms with Crippen LogP contribution in [0.25, 0.3) is 0 Å². The van der Waals surface area contributed by atoms with Crippen LogP contribution in [0.4, 0.5) is 0 Å². The van der Waals surface area contributed by atoms with Crippen molar-refractivity contribution in [3.05, 3.63) is 0 Å². The first-order valence-corrected chi connectivity index (χ1v) is 7.65. The predicted molar refractivity (Wildman–Crippen MR) is 71.3 cm³/mol. The van der Waals surface area contributed by atoms with E-state index in [9.17, 15) is 0 Å². The van der Waals surface area contributed by atoms with E-state index in [4.69, 9.17) is 0 Å². The van der Waals surface area contributed by atoms with E-state index in [1.54, 1.807) is 0 Å². The van der Waals surface area contributed by atoms with Gasteiger partial charge in [0.2, 0.25) is 0 Å². The van der Waals surface area contributed by atoms with Crippen molar-refractivity contribution >= 4 is 0 Å². The molecule has 16 heavy (non-hydrogen) atoms. The third kappa shape index (κ3) is 2.17. The average Bonchev–Trinajstić information content (AvgIpc) is 2.33. The average molecular weight is 222 g/mol. The fourth-order valence-corrected chi connectivity index (χ4v) is 4.57. The van der Waals surface area contributed by atoms with Gasteiger partial charge >= 0.3 is 0 Å². The minimum atomic E-state index is 0.959. The Labute approximate surface area is 102 Å². The van der Waals surface area contributed by atoms with Crippen LogP contribution in [0.2, 0.25) is 0 Å². The summed E-state index contributed by atoms with van der Waals surface area (Å²) < 4.78 is 0. The molecule has 0 N–H and O–H groups in total. The molecule has 6 atom stereocenters. The van der Waals surface area contributed by atoms with Crippen LogP contribution in [0, 0.1) is 35.5 Å². The summed E-state index contributed by atoms with van der Waals surface area (Å²) in [6, 6.07) is 0. The molecule has 0 aromatic carbocycles. The largest absolute Gasteiger partial charge is 0.0651 e. The Morgan fingerprint density at radius 1 is 1.06 bits per heavy atom. The second-order valence-electron chi connectivity index (χ2n) is 6.73. The fourth-order valence-electron chi connectivity index (χ4n) is 4.57. The van der Waals surface area contributed by atoms with E-state index in [1.807, 2.05) is 0 Å². The lowest BCUT2D eigenvalue weighted by atomic mass is 9.56. The van der Waals surface area contributed by atoms with Crippen LogP contribution in [0.5, 0.6) is 0 Å².